The molecule has 3 heteroatoms. The van der Waals surface area contributed by atoms with E-state index in [2.05, 4.69) is 25.1 Å². The van der Waals surface area contributed by atoms with E-state index in [0.717, 1.165) is 35.7 Å². The molecule has 0 unspecified atom stereocenters. The summed E-state index contributed by atoms with van der Waals surface area (Å²) in [5.74, 6) is 2.67. The number of unbranched alkanes of at least 4 members (excludes halogenated alkanes) is 1. The van der Waals surface area contributed by atoms with Gasteiger partial charge >= 0.3 is 0 Å². The second-order valence-corrected chi connectivity index (χ2v) is 6.42. The van der Waals surface area contributed by atoms with Gasteiger partial charge in [-0.1, -0.05) is 48.5 Å². The van der Waals surface area contributed by atoms with Crippen molar-refractivity contribution in [2.75, 3.05) is 13.2 Å². The highest BCUT2D eigenvalue weighted by atomic mass is 16.5. The Balaban J connectivity index is 1.31. The maximum Gasteiger partial charge on any atom is 0.122 e. The fraction of sp³-hybridized carbons (Fsp3) is 0.250. The molecule has 0 bridgehead atoms. The number of benzene rings is 3. The van der Waals surface area contributed by atoms with Crippen molar-refractivity contribution >= 4 is 0 Å². The average molecular weight is 362 g/mol. The molecule has 3 nitrogen and oxygen atoms in total. The van der Waals surface area contributed by atoms with Crippen molar-refractivity contribution in [1.29, 1.82) is 0 Å². The van der Waals surface area contributed by atoms with Gasteiger partial charge in [0, 0.05) is 0 Å². The number of para-hydroxylation sites is 1. The molecule has 0 aromatic heterocycles. The minimum atomic E-state index is 0.571. The Hall–Kier alpha value is -2.94. The van der Waals surface area contributed by atoms with Gasteiger partial charge in [0.15, 0.2) is 0 Å². The third kappa shape index (κ3) is 6.37. The predicted octanol–water partition coefficient (Wildman–Crippen LogP) is 5.81. The molecule has 0 heterocycles. The number of ether oxygens (including phenoxy) is 3. The molecule has 140 valence electrons. The van der Waals surface area contributed by atoms with Crippen LogP contribution in [-0.4, -0.2) is 13.2 Å². The summed E-state index contributed by atoms with van der Waals surface area (Å²) in [6.07, 6.45) is 1.92. The van der Waals surface area contributed by atoms with Gasteiger partial charge in [-0.05, 0) is 61.2 Å². The predicted molar refractivity (Wildman–Crippen MR) is 109 cm³/mol. The van der Waals surface area contributed by atoms with E-state index in [0.29, 0.717) is 19.8 Å². The second-order valence-electron chi connectivity index (χ2n) is 6.42. The molecule has 0 amide bonds. The molecule has 0 radical (unpaired) electrons. The van der Waals surface area contributed by atoms with Crippen LogP contribution >= 0.6 is 0 Å². The van der Waals surface area contributed by atoms with Crippen LogP contribution in [0.25, 0.3) is 0 Å². The van der Waals surface area contributed by atoms with Gasteiger partial charge < -0.3 is 14.2 Å². The Labute approximate surface area is 161 Å². The van der Waals surface area contributed by atoms with Crippen LogP contribution in [0.4, 0.5) is 0 Å². The summed E-state index contributed by atoms with van der Waals surface area (Å²) in [7, 11) is 0. The van der Waals surface area contributed by atoms with Crippen molar-refractivity contribution < 1.29 is 14.2 Å². The maximum atomic E-state index is 5.80. The highest BCUT2D eigenvalue weighted by molar-refractivity contribution is 5.32. The lowest BCUT2D eigenvalue weighted by Gasteiger charge is -2.10. The van der Waals surface area contributed by atoms with Crippen LogP contribution in [0, 0.1) is 6.92 Å². The topological polar surface area (TPSA) is 27.7 Å². The molecule has 27 heavy (non-hydrogen) atoms. The Morgan fingerprint density at radius 2 is 1.19 bits per heavy atom. The van der Waals surface area contributed by atoms with Gasteiger partial charge in [0.2, 0.25) is 0 Å². The first-order valence-corrected chi connectivity index (χ1v) is 9.39. The molecule has 0 saturated carbocycles. The summed E-state index contributed by atoms with van der Waals surface area (Å²) in [5, 5.41) is 0. The van der Waals surface area contributed by atoms with E-state index in [4.69, 9.17) is 14.2 Å². The van der Waals surface area contributed by atoms with Crippen molar-refractivity contribution in [2.24, 2.45) is 0 Å². The lowest BCUT2D eigenvalue weighted by Crippen LogP contribution is -2.03. The standard InChI is InChI=1S/C24H26O3/c1-20-9-5-6-12-24(20)26-18-8-7-17-25-22-13-15-23(16-14-22)27-19-21-10-3-2-4-11-21/h2-6,9-16H,7-8,17-19H2,1H3. The second kappa shape index (κ2) is 10.3. The number of aryl methyl sites for hydroxylation is 1. The molecule has 3 aromatic rings. The normalized spacial score (nSPS) is 10.4. The zero-order chi connectivity index (χ0) is 18.7. The summed E-state index contributed by atoms with van der Waals surface area (Å²) in [6.45, 7) is 4.02. The molecule has 0 aliphatic heterocycles. The number of rotatable bonds is 10. The molecule has 0 aliphatic rings. The van der Waals surface area contributed by atoms with Gasteiger partial charge in [-0.2, -0.15) is 0 Å². The van der Waals surface area contributed by atoms with Crippen molar-refractivity contribution in [3.05, 3.63) is 90.0 Å². The van der Waals surface area contributed by atoms with E-state index in [-0.39, 0.29) is 0 Å². The molecule has 0 saturated heterocycles. The fourth-order valence-corrected chi connectivity index (χ4v) is 2.67. The number of hydrogen-bond donors (Lipinski definition) is 0. The van der Waals surface area contributed by atoms with Gasteiger partial charge in [-0.3, -0.25) is 0 Å². The minimum absolute atomic E-state index is 0.571. The van der Waals surface area contributed by atoms with E-state index >= 15 is 0 Å². The quantitative estimate of drug-likeness (QED) is 0.426. The summed E-state index contributed by atoms with van der Waals surface area (Å²) >= 11 is 0. The third-order valence-electron chi connectivity index (χ3n) is 4.23. The van der Waals surface area contributed by atoms with Crippen LogP contribution in [0.5, 0.6) is 17.2 Å². The van der Waals surface area contributed by atoms with Crippen molar-refractivity contribution in [1.82, 2.24) is 0 Å². The zero-order valence-electron chi connectivity index (χ0n) is 15.8. The van der Waals surface area contributed by atoms with Crippen molar-refractivity contribution in [3.63, 3.8) is 0 Å². The van der Waals surface area contributed by atoms with E-state index in [1.807, 2.05) is 60.7 Å². The molecule has 0 fully saturated rings. The Morgan fingerprint density at radius 1 is 0.593 bits per heavy atom. The molecule has 0 atom stereocenters. The highest BCUT2D eigenvalue weighted by Crippen LogP contribution is 2.19. The van der Waals surface area contributed by atoms with Gasteiger partial charge in [0.25, 0.3) is 0 Å². The smallest absolute Gasteiger partial charge is 0.122 e. The average Bonchev–Trinajstić information content (AvgIpc) is 2.72. The first kappa shape index (κ1) is 18.8. The fourth-order valence-electron chi connectivity index (χ4n) is 2.67. The third-order valence-corrected chi connectivity index (χ3v) is 4.23. The van der Waals surface area contributed by atoms with Crippen LogP contribution < -0.4 is 14.2 Å². The molecule has 0 spiro atoms. The zero-order valence-corrected chi connectivity index (χ0v) is 15.8. The lowest BCUT2D eigenvalue weighted by atomic mass is 10.2. The van der Waals surface area contributed by atoms with Gasteiger partial charge in [-0.25, -0.2) is 0 Å². The summed E-state index contributed by atoms with van der Waals surface area (Å²) < 4.78 is 17.4. The van der Waals surface area contributed by atoms with E-state index < -0.39 is 0 Å². The highest BCUT2D eigenvalue weighted by Gasteiger charge is 2.00. The van der Waals surface area contributed by atoms with Crippen LogP contribution in [0.1, 0.15) is 24.0 Å². The SMILES string of the molecule is Cc1ccccc1OCCCCOc1ccc(OCc2ccccc2)cc1. The van der Waals surface area contributed by atoms with Crippen molar-refractivity contribution in [3.8, 4) is 17.2 Å². The molecule has 0 aliphatic carbocycles. The summed E-state index contributed by atoms with van der Waals surface area (Å²) in [4.78, 5) is 0. The van der Waals surface area contributed by atoms with Crippen LogP contribution in [0.15, 0.2) is 78.9 Å². The van der Waals surface area contributed by atoms with Crippen LogP contribution in [0.3, 0.4) is 0 Å². The molecule has 3 aromatic carbocycles. The Kier molecular flexibility index (Phi) is 7.16. The Bertz CT molecular complexity index is 797. The largest absolute Gasteiger partial charge is 0.494 e. The summed E-state index contributed by atoms with van der Waals surface area (Å²) in [6, 6.07) is 26.0. The lowest BCUT2D eigenvalue weighted by molar-refractivity contribution is 0.265. The van der Waals surface area contributed by atoms with E-state index in [9.17, 15) is 0 Å². The minimum Gasteiger partial charge on any atom is -0.494 e. The Morgan fingerprint density at radius 3 is 1.89 bits per heavy atom. The van der Waals surface area contributed by atoms with Crippen molar-refractivity contribution in [2.45, 2.75) is 26.4 Å². The number of hydrogen-bond acceptors (Lipinski definition) is 3. The van der Waals surface area contributed by atoms with Gasteiger partial charge in [0.1, 0.15) is 23.9 Å². The maximum absolute atomic E-state index is 5.80. The molecular weight excluding hydrogens is 336 g/mol. The first-order chi connectivity index (χ1) is 13.3. The monoisotopic (exact) mass is 362 g/mol. The van der Waals surface area contributed by atoms with Crippen LogP contribution in [-0.2, 0) is 6.61 Å². The van der Waals surface area contributed by atoms with E-state index in [1.54, 1.807) is 0 Å². The summed E-state index contributed by atoms with van der Waals surface area (Å²) in [5.41, 5.74) is 2.33. The molecule has 0 N–H and O–H groups in total. The van der Waals surface area contributed by atoms with Gasteiger partial charge in [-0.15, -0.1) is 0 Å². The van der Waals surface area contributed by atoms with Gasteiger partial charge in [0.05, 0.1) is 13.2 Å². The molecule has 3 rings (SSSR count). The van der Waals surface area contributed by atoms with Crippen LogP contribution in [0.2, 0.25) is 0 Å². The molecular formula is C24H26O3. The van der Waals surface area contributed by atoms with E-state index in [1.165, 1.54) is 5.56 Å². The first-order valence-electron chi connectivity index (χ1n) is 9.39.